The maximum Gasteiger partial charge on any atom is 0.305 e. The van der Waals surface area contributed by atoms with E-state index in [9.17, 15) is 9.59 Å². The summed E-state index contributed by atoms with van der Waals surface area (Å²) in [7, 11) is 0. The lowest BCUT2D eigenvalue weighted by Gasteiger charge is -2.09. The first-order chi connectivity index (χ1) is 8.07. The van der Waals surface area contributed by atoms with Crippen LogP contribution in [-0.2, 0) is 9.59 Å². The summed E-state index contributed by atoms with van der Waals surface area (Å²) in [5.74, 6) is -0.253. The molecule has 0 bridgehead atoms. The van der Waals surface area contributed by atoms with E-state index in [1.807, 2.05) is 11.8 Å². The number of hydrogen-bond donors (Lipinski definition) is 3. The topological polar surface area (TPSA) is 92.4 Å². The summed E-state index contributed by atoms with van der Waals surface area (Å²) >= 11 is 1.84. The summed E-state index contributed by atoms with van der Waals surface area (Å²) in [6, 6.07) is -0.941. The Morgan fingerprint density at radius 3 is 2.53 bits per heavy atom. The summed E-state index contributed by atoms with van der Waals surface area (Å²) < 4.78 is 0. The van der Waals surface area contributed by atoms with Crippen molar-refractivity contribution in [2.75, 3.05) is 18.6 Å². The Hall–Kier alpha value is -0.750. The minimum Gasteiger partial charge on any atom is -0.481 e. The summed E-state index contributed by atoms with van der Waals surface area (Å²) in [5.41, 5.74) is 5.40. The Morgan fingerprint density at radius 1 is 1.29 bits per heavy atom. The SMILES string of the molecule is CSCCCCCCNC(=O)C(N)CC(=O)O. The van der Waals surface area contributed by atoms with Crippen LogP contribution in [-0.4, -0.2) is 41.6 Å². The van der Waals surface area contributed by atoms with Crippen LogP contribution in [0.3, 0.4) is 0 Å². The zero-order chi connectivity index (χ0) is 13.1. The third-order valence-corrected chi connectivity index (χ3v) is 3.00. The molecule has 0 aliphatic carbocycles. The third kappa shape index (κ3) is 10.1. The molecule has 1 unspecified atom stereocenters. The van der Waals surface area contributed by atoms with Crippen LogP contribution in [0, 0.1) is 0 Å². The number of carbonyl (C=O) groups is 2. The first-order valence-corrected chi connectivity index (χ1v) is 7.21. The molecule has 100 valence electrons. The molecule has 0 aliphatic heterocycles. The molecule has 0 aromatic heterocycles. The highest BCUT2D eigenvalue weighted by atomic mass is 32.2. The average molecular weight is 262 g/mol. The Labute approximate surface area is 107 Å². The number of nitrogens with one attached hydrogen (secondary N) is 1. The molecule has 0 spiro atoms. The van der Waals surface area contributed by atoms with Crippen molar-refractivity contribution >= 4 is 23.6 Å². The fraction of sp³-hybridized carbons (Fsp3) is 0.818. The van der Waals surface area contributed by atoms with Crippen LogP contribution in [0.5, 0.6) is 0 Å². The largest absolute Gasteiger partial charge is 0.481 e. The molecule has 0 heterocycles. The van der Waals surface area contributed by atoms with Gasteiger partial charge < -0.3 is 16.2 Å². The molecular formula is C11H22N2O3S. The number of carboxylic acid groups (broad SMARTS) is 1. The first kappa shape index (κ1) is 16.2. The lowest BCUT2D eigenvalue weighted by Crippen LogP contribution is -2.42. The molecule has 1 atom stereocenters. The van der Waals surface area contributed by atoms with Crippen molar-refractivity contribution in [2.45, 2.75) is 38.1 Å². The van der Waals surface area contributed by atoms with E-state index < -0.39 is 12.0 Å². The van der Waals surface area contributed by atoms with Gasteiger partial charge in [-0.25, -0.2) is 0 Å². The van der Waals surface area contributed by atoms with Gasteiger partial charge in [0.15, 0.2) is 0 Å². The predicted octanol–water partition coefficient (Wildman–Crippen LogP) is 0.828. The van der Waals surface area contributed by atoms with Crippen molar-refractivity contribution in [1.82, 2.24) is 5.32 Å². The normalized spacial score (nSPS) is 12.1. The molecular weight excluding hydrogens is 240 g/mol. The molecule has 0 radical (unpaired) electrons. The summed E-state index contributed by atoms with van der Waals surface area (Å²) in [6.45, 7) is 0.575. The molecule has 0 aromatic rings. The number of hydrogen-bond acceptors (Lipinski definition) is 4. The summed E-state index contributed by atoms with van der Waals surface area (Å²) in [6.07, 6.45) is 6.13. The quantitative estimate of drug-likeness (QED) is 0.507. The minimum absolute atomic E-state index is 0.320. The molecule has 0 aromatic carbocycles. The van der Waals surface area contributed by atoms with Crippen LogP contribution >= 0.6 is 11.8 Å². The van der Waals surface area contributed by atoms with Crippen molar-refractivity contribution in [1.29, 1.82) is 0 Å². The van der Waals surface area contributed by atoms with Crippen molar-refractivity contribution in [3.8, 4) is 0 Å². The number of rotatable bonds is 10. The van der Waals surface area contributed by atoms with E-state index >= 15 is 0 Å². The van der Waals surface area contributed by atoms with Gasteiger partial charge >= 0.3 is 5.97 Å². The van der Waals surface area contributed by atoms with Crippen molar-refractivity contribution in [3.05, 3.63) is 0 Å². The van der Waals surface area contributed by atoms with E-state index in [0.717, 1.165) is 19.3 Å². The number of amides is 1. The van der Waals surface area contributed by atoms with Crippen LogP contribution < -0.4 is 11.1 Å². The fourth-order valence-corrected chi connectivity index (χ4v) is 1.84. The van der Waals surface area contributed by atoms with Gasteiger partial charge in [0.25, 0.3) is 0 Å². The van der Waals surface area contributed by atoms with E-state index in [0.29, 0.717) is 6.54 Å². The van der Waals surface area contributed by atoms with Gasteiger partial charge in [0.2, 0.25) is 5.91 Å². The standard InChI is InChI=1S/C11H22N2O3S/c1-17-7-5-3-2-4-6-13-11(16)9(12)8-10(14)15/h9H,2-8,12H2,1H3,(H,13,16)(H,14,15). The third-order valence-electron chi connectivity index (χ3n) is 2.31. The van der Waals surface area contributed by atoms with E-state index in [1.165, 1.54) is 12.2 Å². The second-order valence-corrected chi connectivity index (χ2v) is 4.89. The fourth-order valence-electron chi connectivity index (χ4n) is 1.35. The van der Waals surface area contributed by atoms with Gasteiger partial charge in [-0.05, 0) is 24.9 Å². The van der Waals surface area contributed by atoms with Crippen LogP contribution in [0.4, 0.5) is 0 Å². The summed E-state index contributed by atoms with van der Waals surface area (Å²) in [5, 5.41) is 11.1. The highest BCUT2D eigenvalue weighted by molar-refractivity contribution is 7.98. The van der Waals surface area contributed by atoms with Crippen molar-refractivity contribution < 1.29 is 14.7 Å². The minimum atomic E-state index is -1.05. The zero-order valence-corrected chi connectivity index (χ0v) is 11.1. The monoisotopic (exact) mass is 262 g/mol. The molecule has 0 saturated carbocycles. The van der Waals surface area contributed by atoms with Gasteiger partial charge in [-0.2, -0.15) is 11.8 Å². The number of nitrogens with two attached hydrogens (primary N) is 1. The maximum absolute atomic E-state index is 11.3. The Bertz CT molecular complexity index is 237. The van der Waals surface area contributed by atoms with Gasteiger partial charge in [-0.15, -0.1) is 0 Å². The number of carboxylic acids is 1. The number of thioether (sulfide) groups is 1. The van der Waals surface area contributed by atoms with Crippen molar-refractivity contribution in [2.24, 2.45) is 5.73 Å². The second kappa shape index (κ2) is 10.4. The first-order valence-electron chi connectivity index (χ1n) is 5.82. The Kier molecular flexibility index (Phi) is 9.95. The van der Waals surface area contributed by atoms with Crippen LogP contribution in [0.15, 0.2) is 0 Å². The van der Waals surface area contributed by atoms with Gasteiger partial charge in [-0.3, -0.25) is 9.59 Å². The van der Waals surface area contributed by atoms with Crippen LogP contribution in [0.25, 0.3) is 0 Å². The summed E-state index contributed by atoms with van der Waals surface area (Å²) in [4.78, 5) is 21.6. The van der Waals surface area contributed by atoms with E-state index in [4.69, 9.17) is 10.8 Å². The zero-order valence-electron chi connectivity index (χ0n) is 10.3. The van der Waals surface area contributed by atoms with E-state index in [-0.39, 0.29) is 12.3 Å². The van der Waals surface area contributed by atoms with Gasteiger partial charge in [-0.1, -0.05) is 12.8 Å². The number of unbranched alkanes of at least 4 members (excludes halogenated alkanes) is 3. The molecule has 0 saturated heterocycles. The molecule has 17 heavy (non-hydrogen) atoms. The maximum atomic E-state index is 11.3. The average Bonchev–Trinajstić information content (AvgIpc) is 2.26. The van der Waals surface area contributed by atoms with Gasteiger partial charge in [0, 0.05) is 6.54 Å². The smallest absolute Gasteiger partial charge is 0.305 e. The van der Waals surface area contributed by atoms with Gasteiger partial charge in [0.1, 0.15) is 0 Å². The molecule has 4 N–H and O–H groups in total. The van der Waals surface area contributed by atoms with E-state index in [2.05, 4.69) is 11.6 Å². The van der Waals surface area contributed by atoms with Crippen LogP contribution in [0.2, 0.25) is 0 Å². The molecule has 1 amide bonds. The molecule has 6 heteroatoms. The number of carbonyl (C=O) groups excluding carboxylic acids is 1. The molecule has 0 fully saturated rings. The molecule has 0 rings (SSSR count). The number of aliphatic carboxylic acids is 1. The lowest BCUT2D eigenvalue weighted by molar-refractivity contribution is -0.139. The second-order valence-electron chi connectivity index (χ2n) is 3.90. The Morgan fingerprint density at radius 2 is 1.94 bits per heavy atom. The van der Waals surface area contributed by atoms with E-state index in [1.54, 1.807) is 0 Å². The lowest BCUT2D eigenvalue weighted by atomic mass is 10.2. The van der Waals surface area contributed by atoms with Gasteiger partial charge in [0.05, 0.1) is 12.5 Å². The molecule has 0 aliphatic rings. The Balaban J connectivity index is 3.41. The molecule has 5 nitrogen and oxygen atoms in total. The van der Waals surface area contributed by atoms with Crippen LogP contribution in [0.1, 0.15) is 32.1 Å². The highest BCUT2D eigenvalue weighted by Crippen LogP contribution is 2.03. The highest BCUT2D eigenvalue weighted by Gasteiger charge is 2.15. The van der Waals surface area contributed by atoms with Crippen molar-refractivity contribution in [3.63, 3.8) is 0 Å². The predicted molar refractivity (Wildman–Crippen MR) is 70.1 cm³/mol.